The number of carbonyl (C=O) groups excluding carboxylic acids is 13. The van der Waals surface area contributed by atoms with E-state index in [2.05, 4.69) is 57.7 Å². The number of hydrogen-bond acceptors (Lipinski definition) is 33. The summed E-state index contributed by atoms with van der Waals surface area (Å²) in [4.78, 5) is 180. The Morgan fingerprint density at radius 2 is 1.01 bits per heavy atom. The molecule has 0 radical (unpaired) electrons. The van der Waals surface area contributed by atoms with E-state index in [4.69, 9.17) is 94.4 Å². The monoisotopic (exact) mass is 1940 g/mol. The van der Waals surface area contributed by atoms with Gasteiger partial charge in [-0.05, 0) is 167 Å². The molecular weight excluding hydrogens is 1810 g/mol. The summed E-state index contributed by atoms with van der Waals surface area (Å²) in [5.41, 5.74) is 2.55. The zero-order valence-corrected chi connectivity index (χ0v) is 83.4. The zero-order chi connectivity index (χ0) is 102. The summed E-state index contributed by atoms with van der Waals surface area (Å²) in [5.74, 6) is -8.27. The number of anilines is 2. The predicted octanol–water partition coefficient (Wildman–Crippen LogP) is 14.5. The van der Waals surface area contributed by atoms with Crippen molar-refractivity contribution >= 4 is 97.0 Å². The molecule has 0 aromatic heterocycles. The number of amides is 4. The summed E-state index contributed by atoms with van der Waals surface area (Å²) < 4.78 is 117. The lowest BCUT2D eigenvalue weighted by atomic mass is 9.91. The minimum atomic E-state index is -2.37. The lowest BCUT2D eigenvalue weighted by molar-refractivity contribution is -0.263. The summed E-state index contributed by atoms with van der Waals surface area (Å²) in [6.07, 6.45) is -10.5. The second-order valence-corrected chi connectivity index (χ2v) is 41.7. The van der Waals surface area contributed by atoms with Gasteiger partial charge in [-0.1, -0.05) is 78.0 Å². The summed E-state index contributed by atoms with van der Waals surface area (Å²) in [7, 11) is 2.76. The molecule has 752 valence electrons. The van der Waals surface area contributed by atoms with Crippen molar-refractivity contribution in [3.8, 4) is 34.5 Å². The van der Waals surface area contributed by atoms with Gasteiger partial charge in [0.05, 0.1) is 79.6 Å². The fourth-order valence-electron chi connectivity index (χ4n) is 15.6. The minimum absolute atomic E-state index is 0.0000685. The van der Waals surface area contributed by atoms with Crippen LogP contribution < -0.4 is 39.1 Å². The quantitative estimate of drug-likeness (QED) is 0.00914. The van der Waals surface area contributed by atoms with Crippen LogP contribution in [0, 0.1) is 18.8 Å². The Morgan fingerprint density at radius 1 is 0.507 bits per heavy atom. The van der Waals surface area contributed by atoms with Crippen LogP contribution in [-0.2, 0) is 126 Å². The number of ketones is 2. The number of aryl methyl sites for hydroxylation is 1. The van der Waals surface area contributed by atoms with Crippen molar-refractivity contribution in [2.75, 3.05) is 85.2 Å². The van der Waals surface area contributed by atoms with Gasteiger partial charge in [-0.15, -0.1) is 0 Å². The van der Waals surface area contributed by atoms with Crippen LogP contribution in [0.2, 0.25) is 18.1 Å². The third kappa shape index (κ3) is 30.3. The molecule has 4 saturated heterocycles. The number of Topliss-reactive ketones (excluding diaryl/α,β-unsaturated/α-hetero) is 2. The van der Waals surface area contributed by atoms with Gasteiger partial charge in [0, 0.05) is 98.0 Å². The molecule has 5 aromatic carbocycles. The average molecular weight is 1940 g/mol. The molecule has 0 saturated carbocycles. The highest BCUT2D eigenvalue weighted by Gasteiger charge is 2.54. The van der Waals surface area contributed by atoms with Gasteiger partial charge in [0.25, 0.3) is 11.8 Å². The Bertz CT molecular complexity index is 5290. The third-order valence-corrected chi connectivity index (χ3v) is 28.3. The van der Waals surface area contributed by atoms with Crippen molar-refractivity contribution in [2.45, 2.75) is 260 Å². The molecule has 0 unspecified atom stereocenters. The highest BCUT2D eigenvalue weighted by Crippen LogP contribution is 2.43. The van der Waals surface area contributed by atoms with Gasteiger partial charge in [0.15, 0.2) is 56.3 Å². The van der Waals surface area contributed by atoms with Gasteiger partial charge in [0.2, 0.25) is 18.7 Å². The number of benzene rings is 5. The smallest absolute Gasteiger partial charge is 0.411 e. The summed E-state index contributed by atoms with van der Waals surface area (Å²) in [5, 5.41) is 5.35. The number of esters is 7. The van der Waals surface area contributed by atoms with Crippen molar-refractivity contribution < 1.29 is 157 Å². The number of nitrogens with zero attached hydrogens (tertiary/aromatic N) is 2. The van der Waals surface area contributed by atoms with Crippen molar-refractivity contribution in [1.82, 2.24) is 9.80 Å². The summed E-state index contributed by atoms with van der Waals surface area (Å²) in [6, 6.07) is 18.8. The maximum atomic E-state index is 15.4. The topological polar surface area (TPSA) is 437 Å². The van der Waals surface area contributed by atoms with E-state index in [1.807, 2.05) is 6.92 Å². The van der Waals surface area contributed by atoms with Gasteiger partial charge in [-0.2, -0.15) is 0 Å². The first-order chi connectivity index (χ1) is 65.1. The summed E-state index contributed by atoms with van der Waals surface area (Å²) in [6.45, 7) is 35.8. The van der Waals surface area contributed by atoms with E-state index >= 15 is 4.79 Å². The number of rotatable bonds is 43. The Morgan fingerprint density at radius 3 is 1.52 bits per heavy atom. The van der Waals surface area contributed by atoms with Crippen molar-refractivity contribution in [1.29, 1.82) is 0 Å². The van der Waals surface area contributed by atoms with Crippen LogP contribution in [0.15, 0.2) is 103 Å². The fourth-order valence-corrected chi connectivity index (χ4v) is 16.7. The van der Waals surface area contributed by atoms with Crippen LogP contribution in [-0.4, -0.2) is 237 Å². The lowest BCUT2D eigenvalue weighted by Crippen LogP contribution is -2.60. The first-order valence-electron chi connectivity index (χ1n) is 45.6. The number of carbonyl (C=O) groups is 13. The Labute approximate surface area is 804 Å². The van der Waals surface area contributed by atoms with Crippen LogP contribution in [0.3, 0.4) is 0 Å². The van der Waals surface area contributed by atoms with E-state index in [1.165, 1.54) is 83.7 Å². The molecule has 0 aliphatic carbocycles. The molecule has 4 aliphatic rings. The number of hydrogen-bond donors (Lipinski definition) is 2. The van der Waals surface area contributed by atoms with Gasteiger partial charge in [-0.3, -0.25) is 49.0 Å². The molecule has 2 N–H and O–H groups in total. The molecule has 4 amide bonds. The number of methoxy groups -OCH3 is 4. The number of ether oxygens (including phenoxy) is 19. The second kappa shape index (κ2) is 49.2. The number of likely N-dealkylation sites (tertiary alicyclic amines) is 2. The average Bonchev–Trinajstić information content (AvgIpc) is 0.945. The van der Waals surface area contributed by atoms with Gasteiger partial charge < -0.3 is 104 Å². The highest BCUT2D eigenvalue weighted by molar-refractivity contribution is 6.74. The molecule has 5 aromatic rings. The van der Waals surface area contributed by atoms with E-state index in [-0.39, 0.29) is 156 Å². The lowest BCUT2D eigenvalue weighted by Gasteiger charge is -2.43. The Balaban J connectivity index is 1.02. The molecule has 4 aliphatic heterocycles. The van der Waals surface area contributed by atoms with Crippen LogP contribution >= 0.6 is 0 Å². The van der Waals surface area contributed by atoms with Crippen LogP contribution in [0.4, 0.5) is 21.0 Å². The zero-order valence-electron chi connectivity index (χ0n) is 82.4. The first-order valence-corrected chi connectivity index (χ1v) is 48.5. The minimum Gasteiger partial charge on any atom is -0.493 e. The van der Waals surface area contributed by atoms with E-state index in [0.717, 1.165) is 32.1 Å². The normalized spacial score (nSPS) is 20.3. The summed E-state index contributed by atoms with van der Waals surface area (Å²) >= 11 is 0. The third-order valence-electron chi connectivity index (χ3n) is 23.8. The molecular formula is C100H130N4O33Si. The molecule has 0 spiro atoms. The predicted molar refractivity (Wildman–Crippen MR) is 500 cm³/mol. The molecule has 38 heteroatoms. The molecule has 9 rings (SSSR count). The van der Waals surface area contributed by atoms with Crippen molar-refractivity contribution in [3.05, 3.63) is 153 Å². The maximum Gasteiger partial charge on any atom is 0.411 e. The first kappa shape index (κ1) is 109. The molecule has 0 bridgehead atoms. The molecule has 138 heavy (non-hydrogen) atoms. The van der Waals surface area contributed by atoms with Gasteiger partial charge in [0.1, 0.15) is 67.7 Å². The largest absolute Gasteiger partial charge is 0.493 e. The molecule has 4 heterocycles. The Kier molecular flexibility index (Phi) is 38.9. The number of nitrogens with one attached hydrogen (secondary N) is 2. The molecule has 37 nitrogen and oxygen atoms in total. The highest BCUT2D eigenvalue weighted by atomic mass is 28.4. The van der Waals surface area contributed by atoms with E-state index in [1.54, 1.807) is 88.6 Å². The van der Waals surface area contributed by atoms with Crippen LogP contribution in [0.25, 0.3) is 0 Å². The van der Waals surface area contributed by atoms with Gasteiger partial charge in [-0.25, -0.2) is 24.0 Å². The van der Waals surface area contributed by atoms with Crippen LogP contribution in [0.5, 0.6) is 34.5 Å². The van der Waals surface area contributed by atoms with Crippen molar-refractivity contribution in [3.63, 3.8) is 0 Å². The van der Waals surface area contributed by atoms with E-state index in [9.17, 15) is 57.5 Å². The van der Waals surface area contributed by atoms with E-state index in [0.29, 0.717) is 47.9 Å². The maximum absolute atomic E-state index is 15.4. The van der Waals surface area contributed by atoms with Gasteiger partial charge >= 0.3 is 54.0 Å². The Hall–Kier alpha value is -12.5. The standard InChI is InChI=1S/C100H130N4O33Si/c1-24-69-35-55(2)46-103(69)93(114)73-43-83(119-19)84(45-77(73)102-98(117)127-49-66-30-32-81(75(42-66)78(109)27-25-33-118-18)135-96-91(133-64(11)108)87(130-61(8)105)58(5)60(7)129-96)125-51-68-38-67(39-71(40-68)123-54-85(111)120-20)50-124-82-44-76(72(37-57(82)4)92(113)104-47-56(3)36-70(104)52-128-138(22,23)100(15,16)17)101-97(116)126-48-65-29-31-80(74(41-65)79(110)28-26-34-122-53-86(112)137-99(12,13)14)134-95-59(6)88(131-62(9)106)89(132-63(10)107)90(136-95)94(115)121-21/h29-32,37-45,58-60,69-70,87-91,95-96H,2-3,24-28,33-36,46-54H2,1,4-23H3,(H,101,116)(H,102,117)/t58-,59-,60-,69-,70+,87+,88-,89+,90+,91-,95+,96+/m1/s1. The molecule has 4 fully saturated rings. The van der Waals surface area contributed by atoms with Crippen molar-refractivity contribution in [2.24, 2.45) is 11.8 Å². The van der Waals surface area contributed by atoms with E-state index < -0.39 is 179 Å². The van der Waals surface area contributed by atoms with Crippen LogP contribution in [0.1, 0.15) is 211 Å². The fraction of sp³-hybridized carbons (Fsp3) is 0.530. The SMILES string of the molecule is C=C1C[C@@H](CC)N(C(=O)c2cc(OC)c(OCc3cc(COc4cc(NC(=O)OCc5ccc(O[C@H]6O[C@H](C(=O)OC)[C@@H](OC(C)=O)[C@H](OC(C)=O)[C@H]6C)c(C(=O)CCCOCC(=O)OC(C)(C)C)c5)c(C(=O)N5CC(=C)C[C@H]5CO[Si](C)(C)C(C)(C)C)cc4C)cc(OCC(=O)OC)c3)cc2NC(=O)OCc2ccc(O[C@@H]3O[C@H](C)[C@@H](C)[C@H](OC(C)=O)[C@H]3OC(C)=O)c(C(=O)CCCOC)c2)C1. The second-order valence-electron chi connectivity index (χ2n) is 36.9. The molecule has 12 atom stereocenters.